The van der Waals surface area contributed by atoms with Crippen LogP contribution in [0.25, 0.3) is 0 Å². The highest BCUT2D eigenvalue weighted by molar-refractivity contribution is 6.53. The van der Waals surface area contributed by atoms with Gasteiger partial charge in [0.25, 0.3) is 11.8 Å². The monoisotopic (exact) mass is 368 g/mol. The number of halogens is 4. The van der Waals surface area contributed by atoms with Gasteiger partial charge >= 0.3 is 0 Å². The molecular weight excluding hydrogens is 361 g/mol. The van der Waals surface area contributed by atoms with Gasteiger partial charge < -0.3 is 5.32 Å². The molecule has 2 amide bonds. The van der Waals surface area contributed by atoms with Gasteiger partial charge in [0.05, 0.1) is 10.7 Å². The minimum Gasteiger partial charge on any atom is -0.350 e. The Morgan fingerprint density at radius 2 is 1.58 bits per heavy atom. The second-order valence-electron chi connectivity index (χ2n) is 4.87. The lowest BCUT2D eigenvalue weighted by Gasteiger charge is -2.15. The van der Waals surface area contributed by atoms with Crippen molar-refractivity contribution in [1.82, 2.24) is 0 Å². The second kappa shape index (κ2) is 6.22. The average molecular weight is 369 g/mol. The summed E-state index contributed by atoms with van der Waals surface area (Å²) in [5, 5.41) is 2.18. The molecular formula is C16H8Cl2F2N2O2. The van der Waals surface area contributed by atoms with Gasteiger partial charge in [-0.15, -0.1) is 0 Å². The van der Waals surface area contributed by atoms with Crippen LogP contribution < -0.4 is 10.2 Å². The summed E-state index contributed by atoms with van der Waals surface area (Å²) in [6.45, 7) is 0. The quantitative estimate of drug-likeness (QED) is 0.831. The molecule has 0 saturated heterocycles. The Bertz CT molecular complexity index is 882. The van der Waals surface area contributed by atoms with E-state index in [2.05, 4.69) is 5.32 Å². The molecule has 1 N–H and O–H groups in total. The molecule has 0 atom stereocenters. The fraction of sp³-hybridized carbons (Fsp3) is 0. The van der Waals surface area contributed by atoms with E-state index in [1.165, 1.54) is 24.3 Å². The first kappa shape index (κ1) is 16.4. The number of amides is 2. The van der Waals surface area contributed by atoms with Crippen molar-refractivity contribution in [2.75, 3.05) is 10.2 Å². The topological polar surface area (TPSA) is 49.4 Å². The molecule has 0 spiro atoms. The van der Waals surface area contributed by atoms with Crippen molar-refractivity contribution in [3.8, 4) is 0 Å². The van der Waals surface area contributed by atoms with Gasteiger partial charge in [-0.2, -0.15) is 0 Å². The fourth-order valence-electron chi connectivity index (χ4n) is 2.15. The highest BCUT2D eigenvalue weighted by Crippen LogP contribution is 2.31. The first-order chi connectivity index (χ1) is 11.4. The van der Waals surface area contributed by atoms with Crippen molar-refractivity contribution in [3.05, 3.63) is 69.9 Å². The van der Waals surface area contributed by atoms with Gasteiger partial charge in [-0.3, -0.25) is 9.59 Å². The van der Waals surface area contributed by atoms with Gasteiger partial charge in [0.1, 0.15) is 22.4 Å². The van der Waals surface area contributed by atoms with Gasteiger partial charge in [-0.05, 0) is 42.5 Å². The predicted molar refractivity (Wildman–Crippen MR) is 86.8 cm³/mol. The van der Waals surface area contributed by atoms with E-state index in [0.717, 1.165) is 23.1 Å². The van der Waals surface area contributed by atoms with Crippen LogP contribution in [-0.2, 0) is 9.59 Å². The van der Waals surface area contributed by atoms with Crippen molar-refractivity contribution in [2.45, 2.75) is 0 Å². The molecule has 2 aromatic carbocycles. The van der Waals surface area contributed by atoms with Crippen LogP contribution in [0.3, 0.4) is 0 Å². The van der Waals surface area contributed by atoms with E-state index in [0.29, 0.717) is 0 Å². The summed E-state index contributed by atoms with van der Waals surface area (Å²) < 4.78 is 26.2. The van der Waals surface area contributed by atoms with Crippen LogP contribution in [0.15, 0.2) is 53.2 Å². The SMILES string of the molecule is O=C1C(Cl)=C(Nc2ccc(F)c(Cl)c2)C(=O)N1c1ccc(F)cc1. The second-order valence-corrected chi connectivity index (χ2v) is 5.65. The summed E-state index contributed by atoms with van der Waals surface area (Å²) in [6, 6.07) is 8.52. The summed E-state index contributed by atoms with van der Waals surface area (Å²) in [5.41, 5.74) is 0.295. The first-order valence-electron chi connectivity index (χ1n) is 6.64. The maximum atomic E-state index is 13.2. The zero-order valence-corrected chi connectivity index (χ0v) is 13.3. The number of carbonyl (C=O) groups is 2. The maximum absolute atomic E-state index is 13.2. The maximum Gasteiger partial charge on any atom is 0.283 e. The van der Waals surface area contributed by atoms with Crippen LogP contribution in [-0.4, -0.2) is 11.8 Å². The summed E-state index contributed by atoms with van der Waals surface area (Å²) in [4.78, 5) is 25.5. The van der Waals surface area contributed by atoms with Crippen molar-refractivity contribution in [3.63, 3.8) is 0 Å². The third-order valence-electron chi connectivity index (χ3n) is 3.30. The number of hydrogen-bond donors (Lipinski definition) is 1. The molecule has 122 valence electrons. The molecule has 0 saturated carbocycles. The number of imide groups is 1. The van der Waals surface area contributed by atoms with Gasteiger partial charge in [-0.1, -0.05) is 23.2 Å². The van der Waals surface area contributed by atoms with Crippen molar-refractivity contribution >= 4 is 46.4 Å². The highest BCUT2D eigenvalue weighted by Gasteiger charge is 2.38. The number of rotatable bonds is 3. The van der Waals surface area contributed by atoms with Gasteiger partial charge in [0.15, 0.2) is 0 Å². The van der Waals surface area contributed by atoms with Crippen molar-refractivity contribution < 1.29 is 18.4 Å². The third kappa shape index (κ3) is 2.86. The summed E-state index contributed by atoms with van der Waals surface area (Å²) >= 11 is 11.6. The molecule has 1 heterocycles. The van der Waals surface area contributed by atoms with Crippen LogP contribution in [0.2, 0.25) is 5.02 Å². The number of anilines is 2. The smallest absolute Gasteiger partial charge is 0.283 e. The molecule has 0 radical (unpaired) electrons. The summed E-state index contributed by atoms with van der Waals surface area (Å²) in [5.74, 6) is -2.58. The number of nitrogens with zero attached hydrogens (tertiary/aromatic N) is 1. The molecule has 0 aliphatic carbocycles. The number of hydrogen-bond acceptors (Lipinski definition) is 3. The Balaban J connectivity index is 1.91. The Labute approximate surface area is 145 Å². The number of nitrogens with one attached hydrogen (secondary N) is 1. The minimum atomic E-state index is -0.746. The van der Waals surface area contributed by atoms with E-state index in [9.17, 15) is 18.4 Å². The minimum absolute atomic E-state index is 0.149. The lowest BCUT2D eigenvalue weighted by Crippen LogP contribution is -2.32. The molecule has 0 unspecified atom stereocenters. The van der Waals surface area contributed by atoms with Crippen LogP contribution in [0.4, 0.5) is 20.2 Å². The van der Waals surface area contributed by atoms with Crippen LogP contribution in [0.1, 0.15) is 0 Å². The highest BCUT2D eigenvalue weighted by atomic mass is 35.5. The zero-order chi connectivity index (χ0) is 17.4. The molecule has 4 nitrogen and oxygen atoms in total. The molecule has 2 aromatic rings. The average Bonchev–Trinajstić information content (AvgIpc) is 2.76. The number of carbonyl (C=O) groups excluding carboxylic acids is 2. The molecule has 24 heavy (non-hydrogen) atoms. The van der Waals surface area contributed by atoms with E-state index in [4.69, 9.17) is 23.2 Å². The van der Waals surface area contributed by atoms with E-state index in [-0.39, 0.29) is 27.1 Å². The Morgan fingerprint density at radius 1 is 0.917 bits per heavy atom. The summed E-state index contributed by atoms with van der Waals surface area (Å²) in [6.07, 6.45) is 0. The molecule has 1 aliphatic heterocycles. The standard InChI is InChI=1S/C16H8Cl2F2N2O2/c17-11-7-9(3-6-12(11)20)21-14-13(18)15(23)22(16(14)24)10-4-1-8(19)2-5-10/h1-7,21H. The van der Waals surface area contributed by atoms with E-state index < -0.39 is 23.4 Å². The van der Waals surface area contributed by atoms with E-state index >= 15 is 0 Å². The molecule has 1 aliphatic rings. The predicted octanol–water partition coefficient (Wildman–Crippen LogP) is 4.05. The Morgan fingerprint density at radius 3 is 2.21 bits per heavy atom. The van der Waals surface area contributed by atoms with Crippen molar-refractivity contribution in [2.24, 2.45) is 0 Å². The molecule has 0 aromatic heterocycles. The first-order valence-corrected chi connectivity index (χ1v) is 7.40. The van der Waals surface area contributed by atoms with Crippen molar-refractivity contribution in [1.29, 1.82) is 0 Å². The van der Waals surface area contributed by atoms with E-state index in [1.807, 2.05) is 0 Å². The molecule has 0 fully saturated rings. The number of benzene rings is 2. The van der Waals surface area contributed by atoms with Crippen LogP contribution >= 0.6 is 23.2 Å². The lowest BCUT2D eigenvalue weighted by atomic mass is 10.2. The van der Waals surface area contributed by atoms with Crippen LogP contribution in [0.5, 0.6) is 0 Å². The van der Waals surface area contributed by atoms with Crippen LogP contribution in [0, 0.1) is 11.6 Å². The van der Waals surface area contributed by atoms with Gasteiger partial charge in [-0.25, -0.2) is 13.7 Å². The lowest BCUT2D eigenvalue weighted by molar-refractivity contribution is -0.120. The van der Waals surface area contributed by atoms with E-state index in [1.54, 1.807) is 0 Å². The Kier molecular flexibility index (Phi) is 4.26. The summed E-state index contributed by atoms with van der Waals surface area (Å²) in [7, 11) is 0. The Hall–Kier alpha value is -2.44. The zero-order valence-electron chi connectivity index (χ0n) is 11.8. The largest absolute Gasteiger partial charge is 0.350 e. The fourth-order valence-corrected chi connectivity index (χ4v) is 2.55. The third-order valence-corrected chi connectivity index (χ3v) is 3.94. The normalized spacial score (nSPS) is 14.6. The molecule has 3 rings (SSSR count). The molecule has 0 bridgehead atoms. The van der Waals surface area contributed by atoms with Gasteiger partial charge in [0, 0.05) is 5.69 Å². The molecule has 8 heteroatoms. The van der Waals surface area contributed by atoms with Gasteiger partial charge in [0.2, 0.25) is 0 Å².